The Morgan fingerprint density at radius 1 is 1.19 bits per heavy atom. The molecule has 2 aromatic rings. The molecule has 5 heteroatoms. The molecule has 1 fully saturated rings. The molecule has 21 heavy (non-hydrogen) atoms. The van der Waals surface area contributed by atoms with Crippen LogP contribution in [-0.2, 0) is 10.8 Å². The van der Waals surface area contributed by atoms with Crippen molar-refractivity contribution in [3.8, 4) is 0 Å². The normalized spacial score (nSPS) is 21.8. The summed E-state index contributed by atoms with van der Waals surface area (Å²) in [5.41, 5.74) is 1.04. The lowest BCUT2D eigenvalue weighted by molar-refractivity contribution is 0.0696. The molecule has 3 unspecified atom stereocenters. The van der Waals surface area contributed by atoms with E-state index in [4.69, 9.17) is 5.11 Å². The summed E-state index contributed by atoms with van der Waals surface area (Å²) >= 11 is 0. The Labute approximate surface area is 123 Å². The second kappa shape index (κ2) is 5.41. The van der Waals surface area contributed by atoms with Crippen molar-refractivity contribution in [3.05, 3.63) is 65.5 Å². The largest absolute Gasteiger partial charge is 0.478 e. The van der Waals surface area contributed by atoms with Gasteiger partial charge in [-0.1, -0.05) is 30.3 Å². The number of carbonyl (C=O) groups is 1. The molecule has 3 atom stereocenters. The highest BCUT2D eigenvalue weighted by Crippen LogP contribution is 2.46. The van der Waals surface area contributed by atoms with Crippen molar-refractivity contribution in [2.75, 3.05) is 0 Å². The third-order valence-electron chi connectivity index (χ3n) is 3.63. The summed E-state index contributed by atoms with van der Waals surface area (Å²) in [6.45, 7) is 0. The van der Waals surface area contributed by atoms with Crippen LogP contribution >= 0.6 is 0 Å². The average molecular weight is 304 g/mol. The zero-order valence-corrected chi connectivity index (χ0v) is 11.8. The fraction of sp³-hybridized carbons (Fsp3) is 0.188. The molecule has 0 aromatic heterocycles. The molecule has 0 saturated heterocycles. The van der Waals surface area contributed by atoms with Crippen LogP contribution in [0.1, 0.15) is 28.3 Å². The van der Waals surface area contributed by atoms with Gasteiger partial charge < -0.3 is 5.11 Å². The summed E-state index contributed by atoms with van der Waals surface area (Å²) in [6.07, 6.45) is 0.730. The Hall–Kier alpha value is -2.01. The maximum Gasteiger partial charge on any atom is 0.335 e. The Bertz CT molecular complexity index is 715. The maximum atomic E-state index is 13.8. The van der Waals surface area contributed by atoms with Crippen LogP contribution < -0.4 is 0 Å². The molecule has 3 nitrogen and oxygen atoms in total. The molecule has 3 rings (SSSR count). The van der Waals surface area contributed by atoms with Gasteiger partial charge in [-0.3, -0.25) is 4.21 Å². The zero-order chi connectivity index (χ0) is 15.0. The number of carboxylic acid groups (broad SMARTS) is 1. The van der Waals surface area contributed by atoms with Gasteiger partial charge in [0.2, 0.25) is 0 Å². The number of aromatic carboxylic acids is 1. The monoisotopic (exact) mass is 304 g/mol. The van der Waals surface area contributed by atoms with Crippen molar-refractivity contribution in [2.45, 2.75) is 22.5 Å². The molecule has 1 aliphatic rings. The molecule has 0 radical (unpaired) electrons. The summed E-state index contributed by atoms with van der Waals surface area (Å²) < 4.78 is 26.3. The van der Waals surface area contributed by atoms with Gasteiger partial charge in [-0.25, -0.2) is 9.18 Å². The Kier molecular flexibility index (Phi) is 3.59. The van der Waals surface area contributed by atoms with Crippen molar-refractivity contribution >= 4 is 16.8 Å². The van der Waals surface area contributed by atoms with Crippen LogP contribution in [0.15, 0.2) is 53.4 Å². The number of benzene rings is 2. The highest BCUT2D eigenvalue weighted by Gasteiger charge is 2.44. The number of hydrogen-bond acceptors (Lipinski definition) is 2. The molecule has 0 aliphatic heterocycles. The van der Waals surface area contributed by atoms with E-state index in [0.717, 1.165) is 18.1 Å². The van der Waals surface area contributed by atoms with Crippen molar-refractivity contribution in [1.29, 1.82) is 0 Å². The molecule has 108 valence electrons. The van der Waals surface area contributed by atoms with Gasteiger partial charge in [0.15, 0.2) is 0 Å². The van der Waals surface area contributed by atoms with Gasteiger partial charge in [-0.2, -0.15) is 0 Å². The molecular formula is C16H13FO3S. The van der Waals surface area contributed by atoms with Gasteiger partial charge in [0.05, 0.1) is 21.3 Å². The quantitative estimate of drug-likeness (QED) is 0.944. The Morgan fingerprint density at radius 2 is 1.90 bits per heavy atom. The molecule has 0 bridgehead atoms. The van der Waals surface area contributed by atoms with Crippen LogP contribution in [0.4, 0.5) is 4.39 Å². The molecule has 1 aliphatic carbocycles. The zero-order valence-electron chi connectivity index (χ0n) is 11.0. The fourth-order valence-electron chi connectivity index (χ4n) is 2.41. The lowest BCUT2D eigenvalue weighted by atomic mass is 10.1. The Balaban J connectivity index is 1.84. The average Bonchev–Trinajstić information content (AvgIpc) is 3.28. The highest BCUT2D eigenvalue weighted by molar-refractivity contribution is 7.86. The van der Waals surface area contributed by atoms with Crippen LogP contribution in [0.5, 0.6) is 0 Å². The summed E-state index contributed by atoms with van der Waals surface area (Å²) in [6, 6.07) is 13.1. The summed E-state index contributed by atoms with van der Waals surface area (Å²) in [4.78, 5) is 10.9. The van der Waals surface area contributed by atoms with E-state index in [9.17, 15) is 13.4 Å². The topological polar surface area (TPSA) is 54.4 Å². The van der Waals surface area contributed by atoms with Gasteiger partial charge in [-0.05, 0) is 36.1 Å². The van der Waals surface area contributed by atoms with Crippen LogP contribution in [0.25, 0.3) is 0 Å². The summed E-state index contributed by atoms with van der Waals surface area (Å²) in [7, 11) is -1.53. The van der Waals surface area contributed by atoms with Gasteiger partial charge in [-0.15, -0.1) is 0 Å². The first-order valence-electron chi connectivity index (χ1n) is 6.56. The van der Waals surface area contributed by atoms with E-state index in [-0.39, 0.29) is 21.6 Å². The van der Waals surface area contributed by atoms with Crippen molar-refractivity contribution in [2.24, 2.45) is 0 Å². The first-order valence-corrected chi connectivity index (χ1v) is 7.77. The van der Waals surface area contributed by atoms with Gasteiger partial charge in [0.1, 0.15) is 5.82 Å². The van der Waals surface area contributed by atoms with Crippen molar-refractivity contribution < 1.29 is 18.5 Å². The van der Waals surface area contributed by atoms with E-state index >= 15 is 0 Å². The minimum Gasteiger partial charge on any atom is -0.478 e. The van der Waals surface area contributed by atoms with Crippen molar-refractivity contribution in [1.82, 2.24) is 0 Å². The third kappa shape index (κ3) is 2.74. The van der Waals surface area contributed by atoms with E-state index < -0.39 is 22.6 Å². The van der Waals surface area contributed by atoms with E-state index in [2.05, 4.69) is 0 Å². The van der Waals surface area contributed by atoms with Crippen LogP contribution in [0, 0.1) is 5.82 Å². The minimum atomic E-state index is -1.53. The highest BCUT2D eigenvalue weighted by atomic mass is 32.2. The molecule has 1 N–H and O–H groups in total. The number of hydrogen-bond donors (Lipinski definition) is 1. The number of rotatable bonds is 4. The number of halogens is 1. The van der Waals surface area contributed by atoms with E-state index in [1.165, 1.54) is 12.1 Å². The molecule has 0 spiro atoms. The van der Waals surface area contributed by atoms with Crippen molar-refractivity contribution in [3.63, 3.8) is 0 Å². The molecule has 2 aromatic carbocycles. The Morgan fingerprint density at radius 3 is 2.57 bits per heavy atom. The van der Waals surface area contributed by atoms with E-state index in [0.29, 0.717) is 0 Å². The minimum absolute atomic E-state index is 0.0154. The maximum absolute atomic E-state index is 13.8. The molecule has 1 saturated carbocycles. The van der Waals surface area contributed by atoms with Gasteiger partial charge in [0.25, 0.3) is 0 Å². The third-order valence-corrected chi connectivity index (χ3v) is 5.45. The lowest BCUT2D eigenvalue weighted by Gasteiger charge is -2.05. The molecule has 0 heterocycles. The second-order valence-corrected chi connectivity index (χ2v) is 6.68. The predicted octanol–water partition coefficient (Wildman–Crippen LogP) is 3.19. The molecule has 0 amide bonds. The summed E-state index contributed by atoms with van der Waals surface area (Å²) in [5.74, 6) is -1.61. The van der Waals surface area contributed by atoms with E-state index in [1.54, 1.807) is 0 Å². The molecular weight excluding hydrogens is 291 g/mol. The second-order valence-electron chi connectivity index (χ2n) is 5.04. The lowest BCUT2D eigenvalue weighted by Crippen LogP contribution is -2.06. The van der Waals surface area contributed by atoms with Gasteiger partial charge >= 0.3 is 5.97 Å². The SMILES string of the molecule is O=C(O)c1ccc(F)c(S(=O)C2CC2c2ccccc2)c1. The van der Waals surface area contributed by atoms with Gasteiger partial charge in [0, 0.05) is 5.25 Å². The van der Waals surface area contributed by atoms with E-state index in [1.807, 2.05) is 30.3 Å². The van der Waals surface area contributed by atoms with Crippen LogP contribution in [0.2, 0.25) is 0 Å². The first-order chi connectivity index (χ1) is 10.1. The summed E-state index contributed by atoms with van der Waals surface area (Å²) in [5, 5.41) is 8.80. The number of carboxylic acids is 1. The van der Waals surface area contributed by atoms with Crippen LogP contribution in [-0.4, -0.2) is 20.5 Å². The predicted molar refractivity (Wildman–Crippen MR) is 77.4 cm³/mol. The van der Waals surface area contributed by atoms with Crippen LogP contribution in [0.3, 0.4) is 0 Å². The smallest absolute Gasteiger partial charge is 0.335 e. The first kappa shape index (κ1) is 13.9. The standard InChI is InChI=1S/C16H13FO3S/c17-13-7-6-11(16(18)19)8-15(13)21(20)14-9-12(14)10-4-2-1-3-5-10/h1-8,12,14H,9H2,(H,18,19). The fourth-order valence-corrected chi connectivity index (χ4v) is 4.08.